The third-order valence-corrected chi connectivity index (χ3v) is 5.76. The Hall–Kier alpha value is -3.10. The predicted octanol–water partition coefficient (Wildman–Crippen LogP) is 6.68. The van der Waals surface area contributed by atoms with E-state index in [-0.39, 0.29) is 23.6 Å². The number of aromatic nitrogens is 2. The Bertz CT molecular complexity index is 1320. The first-order valence-corrected chi connectivity index (χ1v) is 11.0. The fourth-order valence-corrected chi connectivity index (χ4v) is 4.23. The van der Waals surface area contributed by atoms with E-state index < -0.39 is 11.9 Å². The molecular weight excluding hydrogens is 456 g/mol. The predicted molar refractivity (Wildman–Crippen MR) is 137 cm³/mol. The summed E-state index contributed by atoms with van der Waals surface area (Å²) < 4.78 is 0.0647. The zero-order valence-corrected chi connectivity index (χ0v) is 19.4. The van der Waals surface area contributed by atoms with Gasteiger partial charge in [-0.2, -0.15) is 0 Å². The van der Waals surface area contributed by atoms with Crippen LogP contribution in [0.2, 0.25) is 0 Å². The van der Waals surface area contributed by atoms with Crippen LogP contribution in [0.3, 0.4) is 0 Å². The van der Waals surface area contributed by atoms with E-state index in [2.05, 4.69) is 43.4 Å². The molecule has 6 nitrogen and oxygen atoms in total. The second kappa shape index (κ2) is 10.7. The number of rotatable bonds is 3. The molecule has 0 radical (unpaired) electrons. The van der Waals surface area contributed by atoms with Crippen molar-refractivity contribution in [3.05, 3.63) is 72.1 Å². The van der Waals surface area contributed by atoms with Gasteiger partial charge in [0.25, 0.3) is 0 Å². The number of nitrogens with zero attached hydrogens (tertiary/aromatic N) is 2. The summed E-state index contributed by atoms with van der Waals surface area (Å²) in [5.74, 6) is -2.02. The van der Waals surface area contributed by atoms with Gasteiger partial charge < -0.3 is 10.2 Å². The second-order valence-corrected chi connectivity index (χ2v) is 10.2. The van der Waals surface area contributed by atoms with E-state index in [0.29, 0.717) is 10.4 Å². The molecule has 2 aromatic carbocycles. The Kier molecular flexibility index (Phi) is 8.46. The molecule has 4 rings (SSSR count). The monoisotopic (exact) mass is 482 g/mol. The number of benzene rings is 2. The minimum Gasteiger partial charge on any atom is -0.477 e. The number of thiol groups is 1. The molecule has 33 heavy (non-hydrogen) atoms. The van der Waals surface area contributed by atoms with Crippen LogP contribution >= 0.6 is 24.4 Å². The highest BCUT2D eigenvalue weighted by atomic mass is 32.2. The molecule has 2 heterocycles. The van der Waals surface area contributed by atoms with Gasteiger partial charge >= 0.3 is 11.9 Å². The maximum Gasteiger partial charge on any atom is 0.354 e. The molecule has 2 aromatic heterocycles. The summed E-state index contributed by atoms with van der Waals surface area (Å²) in [6.07, 6.45) is 0. The number of carboxylic acids is 2. The maximum atomic E-state index is 11.0. The Morgan fingerprint density at radius 1 is 0.788 bits per heavy atom. The quantitative estimate of drug-likeness (QED) is 0.221. The van der Waals surface area contributed by atoms with Gasteiger partial charge in [0.15, 0.2) is 0 Å². The van der Waals surface area contributed by atoms with Gasteiger partial charge in [-0.05, 0) is 24.3 Å². The van der Waals surface area contributed by atoms with Crippen molar-refractivity contribution in [2.24, 2.45) is 0 Å². The summed E-state index contributed by atoms with van der Waals surface area (Å²) in [6.45, 7) is 6.37. The van der Waals surface area contributed by atoms with Crippen molar-refractivity contribution in [1.82, 2.24) is 9.97 Å². The van der Waals surface area contributed by atoms with Crippen molar-refractivity contribution in [2.45, 2.75) is 42.7 Å². The van der Waals surface area contributed by atoms with Gasteiger partial charge in [0.1, 0.15) is 11.4 Å². The zero-order valence-electron chi connectivity index (χ0n) is 17.7. The minimum absolute atomic E-state index is 0. The normalized spacial score (nSPS) is 10.8. The standard InChI is InChI=1S/C14H15NO2S.C10H7NO2S.CH4/c1-14(2,3)18-11-6-4-5-9-7-8-10(13(16)17)15-12(9)11;12-10(13)7-5-4-6-2-1-3-8(14)9(6)11-7;/h4-8H,1-3H3,(H,16,17);1-5,14H,(H,12,13);1H4. The van der Waals surface area contributed by atoms with Gasteiger partial charge in [0.05, 0.1) is 11.0 Å². The molecule has 0 unspecified atom stereocenters. The third-order valence-electron chi connectivity index (χ3n) is 4.24. The Morgan fingerprint density at radius 3 is 1.79 bits per heavy atom. The van der Waals surface area contributed by atoms with Crippen LogP contribution in [0.1, 0.15) is 49.2 Å². The van der Waals surface area contributed by atoms with Gasteiger partial charge in [-0.3, -0.25) is 0 Å². The van der Waals surface area contributed by atoms with Crippen LogP contribution in [0, 0.1) is 0 Å². The first kappa shape index (κ1) is 26.2. The zero-order chi connectivity index (χ0) is 23.5. The van der Waals surface area contributed by atoms with Gasteiger partial charge in [0.2, 0.25) is 0 Å². The number of fused-ring (bicyclic) bond motifs is 2. The summed E-state index contributed by atoms with van der Waals surface area (Å²) in [4.78, 5) is 31.6. The van der Waals surface area contributed by atoms with Crippen LogP contribution in [0.15, 0.2) is 70.5 Å². The maximum absolute atomic E-state index is 11.0. The number of para-hydroxylation sites is 2. The Morgan fingerprint density at radius 2 is 1.27 bits per heavy atom. The van der Waals surface area contributed by atoms with Crippen molar-refractivity contribution >= 4 is 58.1 Å². The average Bonchev–Trinajstić information content (AvgIpc) is 2.73. The van der Waals surface area contributed by atoms with E-state index in [4.69, 9.17) is 10.2 Å². The number of pyridine rings is 2. The minimum atomic E-state index is -1.02. The number of carboxylic acid groups (broad SMARTS) is 2. The van der Waals surface area contributed by atoms with Crippen molar-refractivity contribution in [2.75, 3.05) is 0 Å². The average molecular weight is 483 g/mol. The first-order valence-electron chi connectivity index (χ1n) is 9.69. The van der Waals surface area contributed by atoms with E-state index in [1.54, 1.807) is 30.0 Å². The molecule has 0 saturated heterocycles. The van der Waals surface area contributed by atoms with E-state index in [0.717, 1.165) is 21.2 Å². The molecule has 0 fully saturated rings. The number of hydrogen-bond donors (Lipinski definition) is 3. The summed E-state index contributed by atoms with van der Waals surface area (Å²) in [5, 5.41) is 19.6. The molecule has 0 aliphatic rings. The number of carbonyl (C=O) groups is 2. The lowest BCUT2D eigenvalue weighted by Gasteiger charge is -2.18. The molecule has 0 saturated carbocycles. The molecule has 0 amide bonds. The van der Waals surface area contributed by atoms with Gasteiger partial charge in [-0.15, -0.1) is 24.4 Å². The second-order valence-electron chi connectivity index (χ2n) is 7.89. The largest absolute Gasteiger partial charge is 0.477 e. The van der Waals surface area contributed by atoms with E-state index in [9.17, 15) is 9.59 Å². The van der Waals surface area contributed by atoms with E-state index in [1.807, 2.05) is 30.3 Å². The lowest BCUT2D eigenvalue weighted by atomic mass is 10.2. The number of aromatic carboxylic acids is 2. The van der Waals surface area contributed by atoms with Gasteiger partial charge in [-0.1, -0.05) is 64.6 Å². The van der Waals surface area contributed by atoms with Gasteiger partial charge in [-0.25, -0.2) is 19.6 Å². The first-order chi connectivity index (χ1) is 15.0. The summed E-state index contributed by atoms with van der Waals surface area (Å²) >= 11 is 5.91. The molecule has 0 aliphatic heterocycles. The highest BCUT2D eigenvalue weighted by Crippen LogP contribution is 2.35. The smallest absolute Gasteiger partial charge is 0.354 e. The van der Waals surface area contributed by atoms with Crippen LogP contribution in [0.4, 0.5) is 0 Å². The van der Waals surface area contributed by atoms with Crippen LogP contribution in [-0.4, -0.2) is 36.9 Å². The van der Waals surface area contributed by atoms with Crippen LogP contribution in [0.25, 0.3) is 21.8 Å². The summed E-state index contributed by atoms with van der Waals surface area (Å²) in [7, 11) is 0. The Labute approximate surface area is 202 Å². The topological polar surface area (TPSA) is 100 Å². The molecule has 0 aliphatic carbocycles. The van der Waals surface area contributed by atoms with Gasteiger partial charge in [0, 0.05) is 25.3 Å². The van der Waals surface area contributed by atoms with Crippen molar-refractivity contribution in [1.29, 1.82) is 0 Å². The SMILES string of the molecule is C.CC(C)(C)Sc1cccc2ccc(C(=O)O)nc12.O=C(O)c1ccc2cccc(S)c2n1. The Balaban J connectivity index is 0.000000233. The van der Waals surface area contributed by atoms with E-state index >= 15 is 0 Å². The van der Waals surface area contributed by atoms with Crippen molar-refractivity contribution in [3.63, 3.8) is 0 Å². The molecule has 0 spiro atoms. The molecule has 0 atom stereocenters. The lowest BCUT2D eigenvalue weighted by molar-refractivity contribution is 0.0680. The molecule has 4 aromatic rings. The fourth-order valence-electron chi connectivity index (χ4n) is 2.90. The van der Waals surface area contributed by atoms with Crippen molar-refractivity contribution in [3.8, 4) is 0 Å². The number of thioether (sulfide) groups is 1. The highest BCUT2D eigenvalue weighted by Gasteiger charge is 2.15. The molecule has 2 N–H and O–H groups in total. The lowest BCUT2D eigenvalue weighted by Crippen LogP contribution is -2.07. The van der Waals surface area contributed by atoms with Crippen LogP contribution < -0.4 is 0 Å². The fraction of sp³-hybridized carbons (Fsp3) is 0.200. The third kappa shape index (κ3) is 6.69. The van der Waals surface area contributed by atoms with Crippen LogP contribution in [0.5, 0.6) is 0 Å². The molecule has 172 valence electrons. The van der Waals surface area contributed by atoms with Crippen LogP contribution in [-0.2, 0) is 0 Å². The van der Waals surface area contributed by atoms with E-state index in [1.165, 1.54) is 12.1 Å². The summed E-state index contributed by atoms with van der Waals surface area (Å²) in [6, 6.07) is 18.0. The molecule has 8 heteroatoms. The number of hydrogen-bond acceptors (Lipinski definition) is 6. The summed E-state index contributed by atoms with van der Waals surface area (Å²) in [5.41, 5.74) is 1.51. The highest BCUT2D eigenvalue weighted by molar-refractivity contribution is 8.00. The molecule has 0 bridgehead atoms. The molecular formula is C25H26N2O4S2. The van der Waals surface area contributed by atoms with Crippen molar-refractivity contribution < 1.29 is 19.8 Å².